The first-order valence-electron chi connectivity index (χ1n) is 4.38. The number of hydrogen-bond acceptors (Lipinski definition) is 3. The lowest BCUT2D eigenvalue weighted by molar-refractivity contribution is -0.104. The molecule has 0 spiro atoms. The van der Waals surface area contributed by atoms with E-state index in [9.17, 15) is 4.79 Å². The summed E-state index contributed by atoms with van der Waals surface area (Å²) >= 11 is 7.18. The molecule has 0 aliphatic carbocycles. The normalized spacial score (nSPS) is 11.3. The van der Waals surface area contributed by atoms with Gasteiger partial charge in [-0.05, 0) is 24.3 Å². The molecule has 0 heterocycles. The number of rotatable bonds is 4. The van der Waals surface area contributed by atoms with Crippen LogP contribution in [0.3, 0.4) is 0 Å². The molecule has 2 nitrogen and oxygen atoms in total. The van der Waals surface area contributed by atoms with Gasteiger partial charge in [-0.1, -0.05) is 23.4 Å². The molecule has 0 aliphatic rings. The maximum Gasteiger partial charge on any atom is 0.158 e. The summed E-state index contributed by atoms with van der Waals surface area (Å²) in [5.41, 5.74) is 0. The molecule has 0 N–H and O–H groups in total. The van der Waals surface area contributed by atoms with E-state index in [1.807, 2.05) is 43.3 Å². The van der Waals surface area contributed by atoms with Crippen molar-refractivity contribution in [3.8, 4) is 0 Å². The molecule has 0 radical (unpaired) electrons. The lowest BCUT2D eigenvalue weighted by atomic mass is 10.4. The van der Waals surface area contributed by atoms with Gasteiger partial charge in [0.05, 0.1) is 4.91 Å². The van der Waals surface area contributed by atoms with Crippen LogP contribution in [0.4, 0.5) is 0 Å². The Hall–Kier alpha value is -0.930. The van der Waals surface area contributed by atoms with Crippen LogP contribution in [-0.4, -0.2) is 25.3 Å². The van der Waals surface area contributed by atoms with Crippen molar-refractivity contribution >= 4 is 29.6 Å². The Morgan fingerprint density at radius 2 is 1.93 bits per heavy atom. The molecule has 1 rings (SSSR count). The predicted octanol–water partition coefficient (Wildman–Crippen LogP) is 3.03. The molecule has 0 aliphatic heterocycles. The Morgan fingerprint density at radius 3 is 2.40 bits per heavy atom. The molecule has 0 fully saturated rings. The van der Waals surface area contributed by atoms with E-state index in [-0.39, 0.29) is 0 Å². The third-order valence-corrected chi connectivity index (χ3v) is 2.75. The molecule has 1 aromatic carbocycles. The zero-order valence-corrected chi connectivity index (χ0v) is 10.2. The minimum Gasteiger partial charge on any atom is -0.382 e. The van der Waals surface area contributed by atoms with E-state index in [2.05, 4.69) is 0 Å². The van der Waals surface area contributed by atoms with Gasteiger partial charge in [-0.2, -0.15) is 0 Å². The molecule has 15 heavy (non-hydrogen) atoms. The monoisotopic (exact) mass is 241 g/mol. The third-order valence-electron chi connectivity index (χ3n) is 1.55. The first kappa shape index (κ1) is 12.1. The van der Waals surface area contributed by atoms with Gasteiger partial charge in [0.25, 0.3) is 0 Å². The van der Waals surface area contributed by atoms with Gasteiger partial charge in [0.2, 0.25) is 0 Å². The number of halogens is 1. The predicted molar refractivity (Wildman–Crippen MR) is 65.1 cm³/mol. The van der Waals surface area contributed by atoms with Crippen molar-refractivity contribution in [2.45, 2.75) is 4.90 Å². The molecule has 0 unspecified atom stereocenters. The van der Waals surface area contributed by atoms with E-state index in [4.69, 9.17) is 11.6 Å². The number of hydrogen-bond donors (Lipinski definition) is 0. The Balaban J connectivity index is 2.75. The first-order chi connectivity index (χ1) is 7.11. The number of allylic oxidation sites excluding steroid dienone is 1. The smallest absolute Gasteiger partial charge is 0.158 e. The van der Waals surface area contributed by atoms with Gasteiger partial charge in [-0.25, -0.2) is 0 Å². The van der Waals surface area contributed by atoms with Gasteiger partial charge in [-0.15, -0.1) is 0 Å². The standard InChI is InChI=1S/C11H12ClNOS/c1-13(2)7-11(8-14)15-10-5-3-9(12)4-6-10/h3-8H,1-2H3. The molecule has 0 atom stereocenters. The largest absolute Gasteiger partial charge is 0.382 e. The van der Waals surface area contributed by atoms with E-state index < -0.39 is 0 Å². The highest BCUT2D eigenvalue weighted by molar-refractivity contribution is 8.03. The van der Waals surface area contributed by atoms with Crippen LogP contribution in [0.2, 0.25) is 5.02 Å². The molecule has 0 bridgehead atoms. The van der Waals surface area contributed by atoms with Gasteiger partial charge in [-0.3, -0.25) is 4.79 Å². The van der Waals surface area contributed by atoms with E-state index in [0.29, 0.717) is 9.93 Å². The topological polar surface area (TPSA) is 20.3 Å². The van der Waals surface area contributed by atoms with Crippen molar-refractivity contribution < 1.29 is 4.79 Å². The van der Waals surface area contributed by atoms with Crippen LogP contribution in [0.15, 0.2) is 40.3 Å². The van der Waals surface area contributed by atoms with Crippen LogP contribution in [0.25, 0.3) is 0 Å². The number of benzene rings is 1. The molecule has 0 saturated carbocycles. The minimum atomic E-state index is 0.669. The maximum atomic E-state index is 10.8. The number of thioether (sulfide) groups is 1. The third kappa shape index (κ3) is 4.40. The summed E-state index contributed by atoms with van der Waals surface area (Å²) in [5.74, 6) is 0. The number of aldehydes is 1. The van der Waals surface area contributed by atoms with Gasteiger partial charge < -0.3 is 4.90 Å². The SMILES string of the molecule is CN(C)C=C(C=O)Sc1ccc(Cl)cc1. The second-order valence-corrected chi connectivity index (χ2v) is 4.75. The van der Waals surface area contributed by atoms with Crippen LogP contribution in [0, 0.1) is 0 Å². The Labute approximate surface area is 98.9 Å². The van der Waals surface area contributed by atoms with Crippen molar-refractivity contribution in [1.82, 2.24) is 4.90 Å². The van der Waals surface area contributed by atoms with Crippen LogP contribution in [-0.2, 0) is 4.79 Å². The molecule has 0 saturated heterocycles. The zero-order valence-electron chi connectivity index (χ0n) is 8.61. The summed E-state index contributed by atoms with van der Waals surface area (Å²) in [7, 11) is 3.76. The zero-order chi connectivity index (χ0) is 11.3. The molecule has 4 heteroatoms. The number of carbonyl (C=O) groups is 1. The lowest BCUT2D eigenvalue weighted by Crippen LogP contribution is -2.02. The molecular weight excluding hydrogens is 230 g/mol. The highest BCUT2D eigenvalue weighted by Gasteiger charge is 2.00. The van der Waals surface area contributed by atoms with Crippen molar-refractivity contribution in [2.24, 2.45) is 0 Å². The molecule has 0 amide bonds. The van der Waals surface area contributed by atoms with Gasteiger partial charge in [0, 0.05) is 30.2 Å². The quantitative estimate of drug-likeness (QED) is 0.459. The van der Waals surface area contributed by atoms with Gasteiger partial charge in [0.15, 0.2) is 6.29 Å². The van der Waals surface area contributed by atoms with Crippen LogP contribution < -0.4 is 0 Å². The first-order valence-corrected chi connectivity index (χ1v) is 5.58. The summed E-state index contributed by atoms with van der Waals surface area (Å²) in [5, 5.41) is 0.698. The summed E-state index contributed by atoms with van der Waals surface area (Å²) in [4.78, 5) is 14.3. The second-order valence-electron chi connectivity index (χ2n) is 3.17. The van der Waals surface area contributed by atoms with Crippen molar-refractivity contribution in [3.05, 3.63) is 40.4 Å². The highest BCUT2D eigenvalue weighted by Crippen LogP contribution is 2.26. The summed E-state index contributed by atoms with van der Waals surface area (Å²) in [6.07, 6.45) is 2.63. The van der Waals surface area contributed by atoms with Crippen LogP contribution >= 0.6 is 23.4 Å². The van der Waals surface area contributed by atoms with Crippen molar-refractivity contribution in [2.75, 3.05) is 14.1 Å². The molecule has 80 valence electrons. The average Bonchev–Trinajstić information content (AvgIpc) is 2.19. The van der Waals surface area contributed by atoms with Crippen molar-refractivity contribution in [1.29, 1.82) is 0 Å². The van der Waals surface area contributed by atoms with Crippen LogP contribution in [0.1, 0.15) is 0 Å². The fraction of sp³-hybridized carbons (Fsp3) is 0.182. The van der Waals surface area contributed by atoms with Gasteiger partial charge in [0.1, 0.15) is 0 Å². The number of carbonyl (C=O) groups excluding carboxylic acids is 1. The minimum absolute atomic E-state index is 0.669. The second kappa shape index (κ2) is 5.83. The Bertz CT molecular complexity index is 359. The number of nitrogens with zero attached hydrogens (tertiary/aromatic N) is 1. The molecular formula is C11H12ClNOS. The van der Waals surface area contributed by atoms with Gasteiger partial charge >= 0.3 is 0 Å². The fourth-order valence-corrected chi connectivity index (χ4v) is 1.96. The van der Waals surface area contributed by atoms with E-state index in [0.717, 1.165) is 11.2 Å². The average molecular weight is 242 g/mol. The highest BCUT2D eigenvalue weighted by atomic mass is 35.5. The van der Waals surface area contributed by atoms with E-state index in [1.54, 1.807) is 6.20 Å². The molecule has 0 aromatic heterocycles. The summed E-state index contributed by atoms with van der Waals surface area (Å²) in [6, 6.07) is 7.39. The lowest BCUT2D eigenvalue weighted by Gasteiger charge is -2.06. The van der Waals surface area contributed by atoms with E-state index in [1.165, 1.54) is 11.8 Å². The van der Waals surface area contributed by atoms with E-state index >= 15 is 0 Å². The fourth-order valence-electron chi connectivity index (χ4n) is 0.974. The maximum absolute atomic E-state index is 10.8. The summed E-state index contributed by atoms with van der Waals surface area (Å²) in [6.45, 7) is 0. The Morgan fingerprint density at radius 1 is 1.33 bits per heavy atom. The molecule has 1 aromatic rings. The Kier molecular flexibility index (Phi) is 4.72. The van der Waals surface area contributed by atoms with Crippen molar-refractivity contribution in [3.63, 3.8) is 0 Å². The summed E-state index contributed by atoms with van der Waals surface area (Å²) < 4.78 is 0. The van der Waals surface area contributed by atoms with Crippen LogP contribution in [0.5, 0.6) is 0 Å².